The highest BCUT2D eigenvalue weighted by atomic mass is 16.7. The topological polar surface area (TPSA) is 102 Å². The summed E-state index contributed by atoms with van der Waals surface area (Å²) >= 11 is 0. The SMILES string of the molecule is C=C1C(=O)O[C@@H]2C=C(C)[C@@]3(O)C[C@H](O)[C@@](C)(C[C@@H](OC(=O)/C(C)=C\C)[C@@H]12)O3. The molecule has 2 N–H and O–H groups in total. The first kappa shape index (κ1) is 19.8. The number of hydrogen-bond acceptors (Lipinski definition) is 7. The molecule has 2 saturated heterocycles. The Bertz CT molecular complexity index is 751. The van der Waals surface area contributed by atoms with Gasteiger partial charge in [0.2, 0.25) is 0 Å². The zero-order valence-electron chi connectivity index (χ0n) is 16.0. The first-order valence-electron chi connectivity index (χ1n) is 9.04. The fourth-order valence-electron chi connectivity index (χ4n) is 3.94. The number of carbonyl (C=O) groups excluding carboxylic acids is 2. The molecule has 3 rings (SSSR count). The number of fused-ring (bicyclic) bond motifs is 3. The number of aliphatic hydroxyl groups is 2. The first-order chi connectivity index (χ1) is 12.5. The summed E-state index contributed by atoms with van der Waals surface area (Å²) in [4.78, 5) is 24.5. The van der Waals surface area contributed by atoms with E-state index in [1.54, 1.807) is 39.8 Å². The van der Waals surface area contributed by atoms with Crippen molar-refractivity contribution in [1.82, 2.24) is 0 Å². The summed E-state index contributed by atoms with van der Waals surface area (Å²) < 4.78 is 17.0. The Balaban J connectivity index is 2.07. The number of hydrogen-bond donors (Lipinski definition) is 2. The second-order valence-corrected chi connectivity index (χ2v) is 7.81. The molecular weight excluding hydrogens is 352 g/mol. The third kappa shape index (κ3) is 3.24. The summed E-state index contributed by atoms with van der Waals surface area (Å²) in [6.45, 7) is 10.5. The summed E-state index contributed by atoms with van der Waals surface area (Å²) in [5, 5.41) is 21.4. The van der Waals surface area contributed by atoms with Crippen molar-refractivity contribution in [2.24, 2.45) is 5.92 Å². The molecule has 3 aliphatic heterocycles. The maximum atomic E-state index is 12.4. The van der Waals surface area contributed by atoms with E-state index >= 15 is 0 Å². The van der Waals surface area contributed by atoms with Crippen LogP contribution in [-0.4, -0.2) is 51.9 Å². The van der Waals surface area contributed by atoms with Gasteiger partial charge in [-0.3, -0.25) is 0 Å². The standard InChI is InChI=1S/C20H26O7/c1-6-10(2)17(22)26-14-8-19(5)15(21)9-20(24,27-19)11(3)7-13-16(14)12(4)18(23)25-13/h6-7,13-16,21,24H,4,8-9H2,1-3,5H3/b10-6-,11-7?/t13-,14-,15+,16+,19-,20-/m1/s1. The van der Waals surface area contributed by atoms with Gasteiger partial charge in [0, 0.05) is 24.0 Å². The summed E-state index contributed by atoms with van der Waals surface area (Å²) in [5.41, 5.74) is -0.120. The van der Waals surface area contributed by atoms with Crippen LogP contribution in [0.1, 0.15) is 40.5 Å². The molecule has 0 radical (unpaired) electrons. The number of carbonyl (C=O) groups is 2. The van der Waals surface area contributed by atoms with Crippen molar-refractivity contribution in [3.05, 3.63) is 35.5 Å². The van der Waals surface area contributed by atoms with Crippen LogP contribution in [0.25, 0.3) is 0 Å². The average molecular weight is 378 g/mol. The van der Waals surface area contributed by atoms with Crippen molar-refractivity contribution in [2.75, 3.05) is 0 Å². The minimum atomic E-state index is -1.67. The maximum absolute atomic E-state index is 12.4. The summed E-state index contributed by atoms with van der Waals surface area (Å²) in [7, 11) is 0. The molecule has 0 aromatic rings. The van der Waals surface area contributed by atoms with Gasteiger partial charge in [0.25, 0.3) is 0 Å². The number of aliphatic hydroxyl groups excluding tert-OH is 1. The van der Waals surface area contributed by atoms with Crippen molar-refractivity contribution in [3.63, 3.8) is 0 Å². The van der Waals surface area contributed by atoms with Gasteiger partial charge in [-0.2, -0.15) is 0 Å². The van der Waals surface area contributed by atoms with Crippen molar-refractivity contribution in [3.8, 4) is 0 Å². The molecule has 0 amide bonds. The van der Waals surface area contributed by atoms with Crippen molar-refractivity contribution < 1.29 is 34.0 Å². The number of esters is 2. The second kappa shape index (κ2) is 6.58. The molecule has 7 heteroatoms. The van der Waals surface area contributed by atoms with Crippen LogP contribution in [0.4, 0.5) is 0 Å². The molecule has 0 aliphatic carbocycles. The van der Waals surface area contributed by atoms with Crippen LogP contribution < -0.4 is 0 Å². The van der Waals surface area contributed by atoms with Gasteiger partial charge in [-0.1, -0.05) is 12.7 Å². The van der Waals surface area contributed by atoms with Gasteiger partial charge in [-0.05, 0) is 39.3 Å². The third-order valence-electron chi connectivity index (χ3n) is 5.89. The lowest BCUT2D eigenvalue weighted by Crippen LogP contribution is -2.44. The Hall–Kier alpha value is -1.96. The summed E-state index contributed by atoms with van der Waals surface area (Å²) in [6.07, 6.45) is 0.753. The van der Waals surface area contributed by atoms with E-state index in [-0.39, 0.29) is 18.4 Å². The molecule has 0 saturated carbocycles. The Kier molecular flexibility index (Phi) is 4.82. The van der Waals surface area contributed by atoms with Crippen LogP contribution in [0, 0.1) is 5.92 Å². The van der Waals surface area contributed by atoms with Gasteiger partial charge in [0.1, 0.15) is 12.2 Å². The van der Waals surface area contributed by atoms with Crippen molar-refractivity contribution >= 4 is 11.9 Å². The molecule has 0 spiro atoms. The number of rotatable bonds is 2. The average Bonchev–Trinajstić information content (AvgIpc) is 2.99. The minimum absolute atomic E-state index is 0.0212. The maximum Gasteiger partial charge on any atom is 0.334 e. The molecule has 3 aliphatic rings. The van der Waals surface area contributed by atoms with E-state index in [0.29, 0.717) is 11.1 Å². The first-order valence-corrected chi connectivity index (χ1v) is 9.04. The van der Waals surface area contributed by atoms with E-state index in [0.717, 1.165) is 0 Å². The normalized spacial score (nSPS) is 41.9. The number of allylic oxidation sites excluding steroid dienone is 1. The van der Waals surface area contributed by atoms with Crippen LogP contribution in [0.2, 0.25) is 0 Å². The minimum Gasteiger partial charge on any atom is -0.458 e. The lowest BCUT2D eigenvalue weighted by atomic mass is 9.80. The summed E-state index contributed by atoms with van der Waals surface area (Å²) in [6, 6.07) is 0. The van der Waals surface area contributed by atoms with Crippen LogP contribution in [0.5, 0.6) is 0 Å². The van der Waals surface area contributed by atoms with Crippen LogP contribution in [0.3, 0.4) is 0 Å². The Labute approximate surface area is 158 Å². The van der Waals surface area contributed by atoms with E-state index in [1.807, 2.05) is 0 Å². The zero-order valence-corrected chi connectivity index (χ0v) is 16.0. The van der Waals surface area contributed by atoms with Crippen molar-refractivity contribution in [2.45, 2.75) is 70.2 Å². The van der Waals surface area contributed by atoms with Crippen LogP contribution in [0.15, 0.2) is 35.5 Å². The fourth-order valence-corrected chi connectivity index (χ4v) is 3.94. The van der Waals surface area contributed by atoms with Gasteiger partial charge in [0.15, 0.2) is 5.79 Å². The third-order valence-corrected chi connectivity index (χ3v) is 5.89. The molecule has 2 bridgehead atoms. The smallest absolute Gasteiger partial charge is 0.334 e. The molecule has 6 atom stereocenters. The van der Waals surface area contributed by atoms with Crippen LogP contribution in [-0.2, 0) is 23.8 Å². The van der Waals surface area contributed by atoms with E-state index < -0.39 is 47.6 Å². The molecule has 0 unspecified atom stereocenters. The van der Waals surface area contributed by atoms with Crippen LogP contribution >= 0.6 is 0 Å². The molecule has 0 aromatic heterocycles. The predicted molar refractivity (Wildman–Crippen MR) is 95.3 cm³/mol. The molecule has 148 valence electrons. The lowest BCUT2D eigenvalue weighted by Gasteiger charge is -2.34. The Morgan fingerprint density at radius 2 is 2.11 bits per heavy atom. The lowest BCUT2D eigenvalue weighted by molar-refractivity contribution is -0.208. The highest BCUT2D eigenvalue weighted by Gasteiger charge is 2.58. The summed E-state index contributed by atoms with van der Waals surface area (Å²) in [5.74, 6) is -3.39. The highest BCUT2D eigenvalue weighted by Crippen LogP contribution is 2.48. The fraction of sp³-hybridized carbons (Fsp3) is 0.600. The molecule has 27 heavy (non-hydrogen) atoms. The Morgan fingerprint density at radius 3 is 2.74 bits per heavy atom. The molecular formula is C20H26O7. The Morgan fingerprint density at radius 1 is 1.44 bits per heavy atom. The largest absolute Gasteiger partial charge is 0.458 e. The quantitative estimate of drug-likeness (QED) is 0.427. The van der Waals surface area contributed by atoms with E-state index in [2.05, 4.69) is 6.58 Å². The van der Waals surface area contributed by atoms with Gasteiger partial charge in [0.05, 0.1) is 17.6 Å². The second-order valence-electron chi connectivity index (χ2n) is 7.81. The monoisotopic (exact) mass is 378 g/mol. The molecule has 3 heterocycles. The van der Waals surface area contributed by atoms with E-state index in [4.69, 9.17) is 14.2 Å². The predicted octanol–water partition coefficient (Wildman–Crippen LogP) is 1.54. The molecule has 0 aromatic carbocycles. The molecule has 7 nitrogen and oxygen atoms in total. The zero-order chi connectivity index (χ0) is 20.1. The van der Waals surface area contributed by atoms with Crippen molar-refractivity contribution in [1.29, 1.82) is 0 Å². The number of ether oxygens (including phenoxy) is 3. The van der Waals surface area contributed by atoms with Gasteiger partial charge < -0.3 is 24.4 Å². The van der Waals surface area contributed by atoms with Gasteiger partial charge in [-0.25, -0.2) is 9.59 Å². The van der Waals surface area contributed by atoms with Gasteiger partial charge >= 0.3 is 11.9 Å². The van der Waals surface area contributed by atoms with Gasteiger partial charge in [-0.15, -0.1) is 0 Å². The molecule has 2 fully saturated rings. The van der Waals surface area contributed by atoms with E-state index in [1.165, 1.54) is 0 Å². The highest BCUT2D eigenvalue weighted by molar-refractivity contribution is 5.92. The van der Waals surface area contributed by atoms with E-state index in [9.17, 15) is 19.8 Å².